The molecule has 0 aromatic heterocycles. The smallest absolute Gasteiger partial charge is 0.0195 e. The van der Waals surface area contributed by atoms with Crippen molar-refractivity contribution in [3.63, 3.8) is 0 Å². The summed E-state index contributed by atoms with van der Waals surface area (Å²) in [5, 5.41) is 0. The Morgan fingerprint density at radius 1 is 0.643 bits per heavy atom. The Morgan fingerprint density at radius 3 is 1.64 bits per heavy atom. The Kier molecular flexibility index (Phi) is 13.4. The van der Waals surface area contributed by atoms with Gasteiger partial charge in [0.2, 0.25) is 0 Å². The molecule has 14 heavy (non-hydrogen) atoms. The van der Waals surface area contributed by atoms with Gasteiger partial charge in [-0.2, -0.15) is 0 Å². The average Bonchev–Trinajstić information content (AvgIpc) is 2.21. The van der Waals surface area contributed by atoms with Crippen LogP contribution >= 0.6 is 0 Å². The first-order valence-corrected chi connectivity index (χ1v) is 8.91. The summed E-state index contributed by atoms with van der Waals surface area (Å²) < 4.78 is 0. The summed E-state index contributed by atoms with van der Waals surface area (Å²) in [5.41, 5.74) is 0. The van der Waals surface area contributed by atoms with E-state index in [1.165, 1.54) is 63.8 Å². The molecule has 0 atom stereocenters. The average molecular weight is 214 g/mol. The lowest BCUT2D eigenvalue weighted by Crippen LogP contribution is -1.86. The van der Waals surface area contributed by atoms with Gasteiger partial charge in [-0.1, -0.05) is 83.7 Å². The van der Waals surface area contributed by atoms with E-state index in [9.17, 15) is 0 Å². The van der Waals surface area contributed by atoms with Crippen LogP contribution in [0.1, 0.15) is 71.6 Å². The van der Waals surface area contributed by atoms with Gasteiger partial charge in [-0.25, -0.2) is 0 Å². The fraction of sp³-hybridized carbons (Fsp3) is 1.00. The molecule has 0 radical (unpaired) electrons. The molecule has 0 rings (SSSR count). The predicted octanol–water partition coefficient (Wildman–Crippen LogP) is 4.54. The normalized spacial score (nSPS) is 11.6. The lowest BCUT2D eigenvalue weighted by atomic mass is 10.1. The molecule has 0 fully saturated rings. The third-order valence-corrected chi connectivity index (χ3v) is 4.66. The summed E-state index contributed by atoms with van der Waals surface area (Å²) in [4.78, 5) is 0. The summed E-state index contributed by atoms with van der Waals surface area (Å²) in [7, 11) is 0.371. The SMILES string of the molecule is CCCCCCCCCCC[SiH2]CC. The second-order valence-corrected chi connectivity index (χ2v) is 6.95. The molecule has 0 aliphatic carbocycles. The maximum atomic E-state index is 2.35. The fourth-order valence-electron chi connectivity index (χ4n) is 1.91. The molecule has 0 spiro atoms. The lowest BCUT2D eigenvalue weighted by Gasteiger charge is -2.01. The Hall–Kier alpha value is 0.217. The van der Waals surface area contributed by atoms with Crippen molar-refractivity contribution in [2.24, 2.45) is 0 Å². The third kappa shape index (κ3) is 12.2. The van der Waals surface area contributed by atoms with Crippen LogP contribution in [0.5, 0.6) is 0 Å². The molecular weight excluding hydrogens is 184 g/mol. The zero-order valence-electron chi connectivity index (χ0n) is 10.5. The highest BCUT2D eigenvalue weighted by atomic mass is 28.2. The minimum atomic E-state index is 0.371. The summed E-state index contributed by atoms with van der Waals surface area (Å²) in [6, 6.07) is 3.11. The summed E-state index contributed by atoms with van der Waals surface area (Å²) in [6.07, 6.45) is 13.3. The quantitative estimate of drug-likeness (QED) is 0.350. The van der Waals surface area contributed by atoms with Gasteiger partial charge < -0.3 is 0 Å². The van der Waals surface area contributed by atoms with Crippen molar-refractivity contribution in [3.05, 3.63) is 0 Å². The molecular formula is C13H30Si. The van der Waals surface area contributed by atoms with Gasteiger partial charge in [0.1, 0.15) is 0 Å². The van der Waals surface area contributed by atoms with Crippen molar-refractivity contribution >= 4 is 9.52 Å². The third-order valence-electron chi connectivity index (χ3n) is 2.96. The van der Waals surface area contributed by atoms with Crippen LogP contribution in [0.3, 0.4) is 0 Å². The van der Waals surface area contributed by atoms with Crippen LogP contribution in [0.15, 0.2) is 0 Å². The largest absolute Gasteiger partial charge is 0.0683 e. The van der Waals surface area contributed by atoms with Gasteiger partial charge >= 0.3 is 0 Å². The zero-order valence-corrected chi connectivity index (χ0v) is 11.9. The van der Waals surface area contributed by atoms with Crippen LogP contribution in [0.25, 0.3) is 0 Å². The highest BCUT2D eigenvalue weighted by molar-refractivity contribution is 6.35. The molecule has 0 aliphatic heterocycles. The Bertz CT molecular complexity index is 79.2. The molecule has 0 unspecified atom stereocenters. The molecule has 0 N–H and O–H groups in total. The molecule has 0 aromatic rings. The van der Waals surface area contributed by atoms with Crippen molar-refractivity contribution in [1.29, 1.82) is 0 Å². The van der Waals surface area contributed by atoms with E-state index in [1.54, 1.807) is 6.04 Å². The monoisotopic (exact) mass is 214 g/mol. The van der Waals surface area contributed by atoms with Crippen LogP contribution in [-0.4, -0.2) is 9.52 Å². The molecule has 0 saturated heterocycles. The zero-order chi connectivity index (χ0) is 10.5. The van der Waals surface area contributed by atoms with Gasteiger partial charge in [-0.15, -0.1) is 0 Å². The van der Waals surface area contributed by atoms with E-state index >= 15 is 0 Å². The molecule has 86 valence electrons. The molecule has 0 aromatic carbocycles. The lowest BCUT2D eigenvalue weighted by molar-refractivity contribution is 0.572. The number of rotatable bonds is 11. The van der Waals surface area contributed by atoms with Crippen molar-refractivity contribution in [1.82, 2.24) is 0 Å². The van der Waals surface area contributed by atoms with Crippen molar-refractivity contribution in [2.45, 2.75) is 83.7 Å². The van der Waals surface area contributed by atoms with Crippen molar-refractivity contribution in [2.75, 3.05) is 0 Å². The van der Waals surface area contributed by atoms with Crippen LogP contribution in [0.4, 0.5) is 0 Å². The van der Waals surface area contributed by atoms with Gasteiger partial charge in [-0.05, 0) is 0 Å². The van der Waals surface area contributed by atoms with Gasteiger partial charge in [0.05, 0.1) is 0 Å². The van der Waals surface area contributed by atoms with E-state index in [0.717, 1.165) is 0 Å². The van der Waals surface area contributed by atoms with Crippen LogP contribution < -0.4 is 0 Å². The van der Waals surface area contributed by atoms with Gasteiger partial charge in [0.25, 0.3) is 0 Å². The maximum Gasteiger partial charge on any atom is 0.0195 e. The van der Waals surface area contributed by atoms with Crippen LogP contribution in [0.2, 0.25) is 12.1 Å². The van der Waals surface area contributed by atoms with Gasteiger partial charge in [-0.3, -0.25) is 0 Å². The predicted molar refractivity (Wildman–Crippen MR) is 71.1 cm³/mol. The number of hydrogen-bond donors (Lipinski definition) is 0. The molecule has 0 saturated carbocycles. The molecule has 0 aliphatic rings. The van der Waals surface area contributed by atoms with Crippen LogP contribution in [-0.2, 0) is 0 Å². The van der Waals surface area contributed by atoms with E-state index in [4.69, 9.17) is 0 Å². The van der Waals surface area contributed by atoms with E-state index < -0.39 is 0 Å². The fourth-order valence-corrected chi connectivity index (χ4v) is 3.12. The first-order chi connectivity index (χ1) is 6.91. The highest BCUT2D eigenvalue weighted by Gasteiger charge is 1.91. The maximum absolute atomic E-state index is 2.35. The van der Waals surface area contributed by atoms with E-state index in [0.29, 0.717) is 9.52 Å². The van der Waals surface area contributed by atoms with Crippen LogP contribution in [0, 0.1) is 0 Å². The van der Waals surface area contributed by atoms with E-state index in [2.05, 4.69) is 13.8 Å². The standard InChI is InChI=1S/C13H30Si/c1-3-5-6-7-8-9-10-11-12-13-14-4-2/h3-14H2,1-2H3. The molecule has 1 heteroatoms. The first kappa shape index (κ1) is 14.2. The summed E-state index contributed by atoms with van der Waals surface area (Å²) in [5.74, 6) is 0. The highest BCUT2D eigenvalue weighted by Crippen LogP contribution is 2.10. The minimum absolute atomic E-state index is 0.371. The van der Waals surface area contributed by atoms with E-state index in [1.807, 2.05) is 0 Å². The summed E-state index contributed by atoms with van der Waals surface area (Å²) in [6.45, 7) is 4.64. The molecule has 0 amide bonds. The first-order valence-electron chi connectivity index (χ1n) is 6.91. The minimum Gasteiger partial charge on any atom is -0.0683 e. The Balaban J connectivity index is 2.78. The van der Waals surface area contributed by atoms with Crippen molar-refractivity contribution in [3.8, 4) is 0 Å². The van der Waals surface area contributed by atoms with E-state index in [-0.39, 0.29) is 0 Å². The summed E-state index contributed by atoms with van der Waals surface area (Å²) >= 11 is 0. The van der Waals surface area contributed by atoms with Crippen molar-refractivity contribution < 1.29 is 0 Å². The molecule has 0 nitrogen and oxygen atoms in total. The second kappa shape index (κ2) is 13.2. The molecule has 0 heterocycles. The number of hydrogen-bond acceptors (Lipinski definition) is 0. The second-order valence-electron chi connectivity index (χ2n) is 4.54. The van der Waals surface area contributed by atoms with Gasteiger partial charge in [0, 0.05) is 9.52 Å². The number of unbranched alkanes of at least 4 members (excludes halogenated alkanes) is 8. The molecule has 0 bridgehead atoms. The van der Waals surface area contributed by atoms with Gasteiger partial charge in [0.15, 0.2) is 0 Å². The Labute approximate surface area is 93.7 Å². The topological polar surface area (TPSA) is 0 Å². The Morgan fingerprint density at radius 2 is 1.14 bits per heavy atom.